The average Bonchev–Trinajstić information content (AvgIpc) is 2.38. The van der Waals surface area contributed by atoms with Crippen LogP contribution in [0.1, 0.15) is 19.4 Å². The van der Waals surface area contributed by atoms with Crippen LogP contribution < -0.4 is 4.74 Å². The van der Waals surface area contributed by atoms with Gasteiger partial charge in [0.05, 0.1) is 19.1 Å². The Morgan fingerprint density at radius 3 is 2.84 bits per heavy atom. The molecule has 0 aliphatic rings. The zero-order valence-corrected chi connectivity index (χ0v) is 12.3. The number of rotatable bonds is 4. The van der Waals surface area contributed by atoms with Gasteiger partial charge in [0, 0.05) is 5.56 Å². The minimum absolute atomic E-state index is 0.477. The van der Waals surface area contributed by atoms with Crippen LogP contribution in [0.2, 0.25) is 0 Å². The number of H-pyrrole nitrogens is 1. The van der Waals surface area contributed by atoms with Crippen LogP contribution in [0.25, 0.3) is 11.3 Å². The van der Waals surface area contributed by atoms with E-state index in [1.807, 2.05) is 6.07 Å². The summed E-state index contributed by atoms with van der Waals surface area (Å²) < 4.78 is 5.83. The van der Waals surface area contributed by atoms with E-state index >= 15 is 0 Å². The van der Waals surface area contributed by atoms with Gasteiger partial charge in [-0.05, 0) is 24.0 Å². The van der Waals surface area contributed by atoms with Crippen LogP contribution in [0.15, 0.2) is 30.6 Å². The maximum absolute atomic E-state index is 5.35. The molecule has 0 saturated heterocycles. The molecule has 0 atom stereocenters. The molecule has 0 unspecified atom stereocenters. The van der Waals surface area contributed by atoms with Gasteiger partial charge < -0.3 is 9.72 Å². The maximum Gasteiger partial charge on any atom is 0.179 e. The van der Waals surface area contributed by atoms with Crippen molar-refractivity contribution in [3.63, 3.8) is 0 Å². The Kier molecular flexibility index (Phi) is 4.32. The van der Waals surface area contributed by atoms with Gasteiger partial charge in [0.2, 0.25) is 0 Å². The molecule has 100 valence electrons. The lowest BCUT2D eigenvalue weighted by atomic mass is 10.00. The maximum atomic E-state index is 5.35. The lowest BCUT2D eigenvalue weighted by Gasteiger charge is -2.10. The van der Waals surface area contributed by atoms with Crippen molar-refractivity contribution in [2.24, 2.45) is 5.92 Å². The van der Waals surface area contributed by atoms with Crippen molar-refractivity contribution in [2.75, 3.05) is 7.11 Å². The van der Waals surface area contributed by atoms with Gasteiger partial charge in [-0.3, -0.25) is 0 Å². The minimum Gasteiger partial charge on any atom is -0.491 e. The Hall–Kier alpha value is -1.68. The van der Waals surface area contributed by atoms with E-state index in [1.165, 1.54) is 5.56 Å². The first kappa shape index (κ1) is 13.7. The largest absolute Gasteiger partial charge is 0.491 e. The van der Waals surface area contributed by atoms with E-state index in [0.29, 0.717) is 16.3 Å². The Balaban J connectivity index is 2.47. The van der Waals surface area contributed by atoms with Gasteiger partial charge in [0.25, 0.3) is 0 Å². The number of ether oxygens (including phenoxy) is 1. The number of methoxy groups -OCH3 is 1. The molecular weight excluding hydrogens is 256 g/mol. The molecule has 1 aromatic carbocycles. The molecule has 0 amide bonds. The first-order chi connectivity index (χ1) is 9.11. The third-order valence-electron chi connectivity index (χ3n) is 2.88. The van der Waals surface area contributed by atoms with Gasteiger partial charge in [-0.25, -0.2) is 4.98 Å². The van der Waals surface area contributed by atoms with Crippen LogP contribution in [0, 0.1) is 10.6 Å². The van der Waals surface area contributed by atoms with Crippen molar-refractivity contribution in [3.05, 3.63) is 40.8 Å². The highest BCUT2D eigenvalue weighted by atomic mass is 32.1. The zero-order valence-electron chi connectivity index (χ0n) is 11.4. The molecule has 1 heterocycles. The van der Waals surface area contributed by atoms with E-state index in [1.54, 1.807) is 13.4 Å². The summed E-state index contributed by atoms with van der Waals surface area (Å²) in [6.07, 6.45) is 2.66. The smallest absolute Gasteiger partial charge is 0.179 e. The topological polar surface area (TPSA) is 37.9 Å². The summed E-state index contributed by atoms with van der Waals surface area (Å²) in [4.78, 5) is 7.16. The minimum atomic E-state index is 0.477. The van der Waals surface area contributed by atoms with Crippen LogP contribution >= 0.6 is 12.2 Å². The number of nitrogens with one attached hydrogen (secondary N) is 1. The van der Waals surface area contributed by atoms with Crippen LogP contribution in [0.5, 0.6) is 5.75 Å². The molecule has 0 bridgehead atoms. The number of aromatic nitrogens is 2. The SMILES string of the molecule is COc1c(-c2cccc(CC(C)C)c2)[nH]cnc1=S. The average molecular weight is 274 g/mol. The highest BCUT2D eigenvalue weighted by molar-refractivity contribution is 7.71. The lowest BCUT2D eigenvalue weighted by molar-refractivity contribution is 0.411. The fourth-order valence-electron chi connectivity index (χ4n) is 2.12. The number of aromatic amines is 1. The second-order valence-electron chi connectivity index (χ2n) is 4.91. The monoisotopic (exact) mass is 274 g/mol. The molecule has 19 heavy (non-hydrogen) atoms. The fraction of sp³-hybridized carbons (Fsp3) is 0.333. The van der Waals surface area contributed by atoms with Crippen molar-refractivity contribution < 1.29 is 4.74 Å². The molecule has 0 radical (unpaired) electrons. The third kappa shape index (κ3) is 3.20. The normalized spacial score (nSPS) is 10.7. The second-order valence-corrected chi connectivity index (χ2v) is 5.30. The summed E-state index contributed by atoms with van der Waals surface area (Å²) in [5.74, 6) is 1.26. The Labute approximate surface area is 118 Å². The molecule has 1 N–H and O–H groups in total. The number of nitrogens with zero attached hydrogens (tertiary/aromatic N) is 1. The summed E-state index contributed by atoms with van der Waals surface area (Å²) in [7, 11) is 1.61. The predicted octanol–water partition coefficient (Wildman–Crippen LogP) is 4.01. The molecule has 0 spiro atoms. The molecule has 2 aromatic rings. The molecule has 1 aromatic heterocycles. The summed E-state index contributed by atoms with van der Waals surface area (Å²) in [6, 6.07) is 8.42. The molecule has 0 saturated carbocycles. The van der Waals surface area contributed by atoms with E-state index in [2.05, 4.69) is 42.0 Å². The van der Waals surface area contributed by atoms with Crippen molar-refractivity contribution in [1.82, 2.24) is 9.97 Å². The van der Waals surface area contributed by atoms with Crippen LogP contribution in [-0.4, -0.2) is 17.1 Å². The molecule has 2 rings (SSSR count). The van der Waals surface area contributed by atoms with Gasteiger partial charge in [-0.2, -0.15) is 0 Å². The van der Waals surface area contributed by atoms with Gasteiger partial charge in [-0.1, -0.05) is 44.3 Å². The molecule has 0 aliphatic heterocycles. The van der Waals surface area contributed by atoms with Crippen LogP contribution in [0.4, 0.5) is 0 Å². The summed E-state index contributed by atoms with van der Waals surface area (Å²) >= 11 is 5.19. The Morgan fingerprint density at radius 1 is 1.37 bits per heavy atom. The second kappa shape index (κ2) is 5.97. The zero-order chi connectivity index (χ0) is 13.8. The Bertz CT molecular complexity index is 620. The first-order valence-corrected chi connectivity index (χ1v) is 6.73. The summed E-state index contributed by atoms with van der Waals surface area (Å²) in [5.41, 5.74) is 3.27. The Morgan fingerprint density at radius 2 is 2.16 bits per heavy atom. The van der Waals surface area contributed by atoms with Gasteiger partial charge in [0.15, 0.2) is 10.4 Å². The van der Waals surface area contributed by atoms with Crippen molar-refractivity contribution >= 4 is 12.2 Å². The first-order valence-electron chi connectivity index (χ1n) is 6.32. The molecule has 0 aliphatic carbocycles. The van der Waals surface area contributed by atoms with Crippen molar-refractivity contribution in [2.45, 2.75) is 20.3 Å². The van der Waals surface area contributed by atoms with E-state index in [4.69, 9.17) is 17.0 Å². The highest BCUT2D eigenvalue weighted by Crippen LogP contribution is 2.28. The lowest BCUT2D eigenvalue weighted by Crippen LogP contribution is -1.97. The summed E-state index contributed by atoms with van der Waals surface area (Å²) in [5, 5.41) is 0. The quantitative estimate of drug-likeness (QED) is 0.856. The molecular formula is C15H18N2OS. The number of hydrogen-bond donors (Lipinski definition) is 1. The molecule has 3 nitrogen and oxygen atoms in total. The van der Waals surface area contributed by atoms with E-state index in [-0.39, 0.29) is 0 Å². The van der Waals surface area contributed by atoms with Gasteiger partial charge >= 0.3 is 0 Å². The highest BCUT2D eigenvalue weighted by Gasteiger charge is 2.09. The molecule has 0 fully saturated rings. The molecule has 4 heteroatoms. The standard InChI is InChI=1S/C15H18N2OS/c1-10(2)7-11-5-4-6-12(8-11)13-14(18-3)15(19)17-9-16-13/h4-6,8-10H,7H2,1-3H3,(H,16,17,19). The van der Waals surface area contributed by atoms with Crippen LogP contribution in [-0.2, 0) is 6.42 Å². The van der Waals surface area contributed by atoms with E-state index in [9.17, 15) is 0 Å². The van der Waals surface area contributed by atoms with Gasteiger partial charge in [-0.15, -0.1) is 0 Å². The van der Waals surface area contributed by atoms with E-state index < -0.39 is 0 Å². The van der Waals surface area contributed by atoms with Crippen molar-refractivity contribution in [1.29, 1.82) is 0 Å². The van der Waals surface area contributed by atoms with Gasteiger partial charge in [0.1, 0.15) is 0 Å². The number of benzene rings is 1. The summed E-state index contributed by atoms with van der Waals surface area (Å²) in [6.45, 7) is 4.43. The fourth-order valence-corrected chi connectivity index (χ4v) is 2.35. The third-order valence-corrected chi connectivity index (χ3v) is 3.17. The van der Waals surface area contributed by atoms with Crippen LogP contribution in [0.3, 0.4) is 0 Å². The predicted molar refractivity (Wildman–Crippen MR) is 80.0 cm³/mol. The number of hydrogen-bond acceptors (Lipinski definition) is 3. The van der Waals surface area contributed by atoms with E-state index in [0.717, 1.165) is 17.7 Å². The van der Waals surface area contributed by atoms with Crippen molar-refractivity contribution in [3.8, 4) is 17.0 Å².